The summed E-state index contributed by atoms with van der Waals surface area (Å²) in [5.41, 5.74) is 3.04. The van der Waals surface area contributed by atoms with Crippen molar-refractivity contribution >= 4 is 17.5 Å². The number of hydrogen-bond donors (Lipinski definition) is 0. The van der Waals surface area contributed by atoms with E-state index < -0.39 is 0 Å². The quantitative estimate of drug-likeness (QED) is 0.789. The van der Waals surface area contributed by atoms with Crippen molar-refractivity contribution in [3.05, 3.63) is 47.8 Å². The highest BCUT2D eigenvalue weighted by Gasteiger charge is 2.24. The van der Waals surface area contributed by atoms with Gasteiger partial charge in [-0.05, 0) is 37.2 Å². The largest absolute Gasteiger partial charge is 0.368 e. The number of carbonyl (C=O) groups is 1. The van der Waals surface area contributed by atoms with Gasteiger partial charge in [0.2, 0.25) is 5.95 Å². The summed E-state index contributed by atoms with van der Waals surface area (Å²) in [7, 11) is 0. The predicted octanol–water partition coefficient (Wildman–Crippen LogP) is 1.89. The third-order valence-corrected chi connectivity index (χ3v) is 5.90. The maximum atomic E-state index is 12.9. The molecule has 29 heavy (non-hydrogen) atoms. The molecule has 0 unspecified atom stereocenters. The van der Waals surface area contributed by atoms with E-state index in [1.54, 1.807) is 12.3 Å². The van der Waals surface area contributed by atoms with Crippen LogP contribution in [0.4, 0.5) is 11.6 Å². The maximum Gasteiger partial charge on any atom is 0.272 e. The number of hydrogen-bond acceptors (Lipinski definition) is 6. The maximum absolute atomic E-state index is 12.9. The van der Waals surface area contributed by atoms with Crippen LogP contribution in [0, 0.1) is 6.92 Å². The summed E-state index contributed by atoms with van der Waals surface area (Å²) in [5, 5.41) is 0. The van der Waals surface area contributed by atoms with E-state index in [1.165, 1.54) is 11.3 Å². The van der Waals surface area contributed by atoms with Crippen LogP contribution < -0.4 is 9.80 Å². The van der Waals surface area contributed by atoms with Gasteiger partial charge in [-0.1, -0.05) is 19.1 Å². The highest BCUT2D eigenvalue weighted by molar-refractivity contribution is 5.92. The number of nitrogens with zero attached hydrogens (tertiary/aromatic N) is 6. The van der Waals surface area contributed by atoms with Gasteiger partial charge < -0.3 is 19.6 Å². The van der Waals surface area contributed by atoms with Crippen LogP contribution in [-0.4, -0.2) is 84.6 Å². The molecule has 3 heterocycles. The normalized spacial score (nSPS) is 18.2. The molecule has 4 rings (SSSR count). The van der Waals surface area contributed by atoms with Crippen molar-refractivity contribution in [2.45, 2.75) is 13.8 Å². The highest BCUT2D eigenvalue weighted by Crippen LogP contribution is 2.20. The van der Waals surface area contributed by atoms with Gasteiger partial charge in [-0.2, -0.15) is 0 Å². The molecule has 2 aliphatic rings. The number of rotatable bonds is 4. The Morgan fingerprint density at radius 2 is 1.69 bits per heavy atom. The van der Waals surface area contributed by atoms with Gasteiger partial charge in [-0.25, -0.2) is 9.97 Å². The van der Waals surface area contributed by atoms with Crippen LogP contribution in [0.15, 0.2) is 36.5 Å². The number of likely N-dealkylation sites (N-methyl/N-ethyl adjacent to an activating group) is 1. The van der Waals surface area contributed by atoms with Gasteiger partial charge in [0.1, 0.15) is 5.69 Å². The zero-order valence-corrected chi connectivity index (χ0v) is 17.4. The lowest BCUT2D eigenvalue weighted by molar-refractivity contribution is 0.0637. The van der Waals surface area contributed by atoms with Crippen molar-refractivity contribution in [3.8, 4) is 0 Å². The van der Waals surface area contributed by atoms with E-state index in [9.17, 15) is 4.79 Å². The fourth-order valence-electron chi connectivity index (χ4n) is 4.04. The minimum Gasteiger partial charge on any atom is -0.368 e. The molecule has 1 aromatic carbocycles. The van der Waals surface area contributed by atoms with E-state index >= 15 is 0 Å². The summed E-state index contributed by atoms with van der Waals surface area (Å²) < 4.78 is 0. The number of piperazine rings is 2. The predicted molar refractivity (Wildman–Crippen MR) is 116 cm³/mol. The Kier molecular flexibility index (Phi) is 5.94. The fraction of sp³-hybridized carbons (Fsp3) is 0.500. The SMILES string of the molecule is CCN1CCN(C(=O)c2ccnc(N3CCN(c4cccc(C)c4)CC3)n2)CC1. The Morgan fingerprint density at radius 1 is 0.966 bits per heavy atom. The van der Waals surface area contributed by atoms with Gasteiger partial charge in [-0.15, -0.1) is 0 Å². The minimum absolute atomic E-state index is 0.0165. The Bertz CT molecular complexity index is 841. The molecule has 0 bridgehead atoms. The Labute approximate surface area is 172 Å². The first-order valence-corrected chi connectivity index (χ1v) is 10.6. The second-order valence-electron chi connectivity index (χ2n) is 7.78. The van der Waals surface area contributed by atoms with E-state index in [2.05, 4.69) is 62.8 Å². The third-order valence-electron chi connectivity index (χ3n) is 5.90. The molecular formula is C22H30N6O. The molecule has 1 amide bonds. The van der Waals surface area contributed by atoms with E-state index in [-0.39, 0.29) is 5.91 Å². The number of aromatic nitrogens is 2. The summed E-state index contributed by atoms with van der Waals surface area (Å²) >= 11 is 0. The van der Waals surface area contributed by atoms with Gasteiger partial charge in [-0.3, -0.25) is 4.79 Å². The Balaban J connectivity index is 1.38. The first-order valence-electron chi connectivity index (χ1n) is 10.6. The van der Waals surface area contributed by atoms with Gasteiger partial charge in [0.25, 0.3) is 5.91 Å². The van der Waals surface area contributed by atoms with Crippen LogP contribution in [0.5, 0.6) is 0 Å². The molecule has 0 saturated carbocycles. The number of benzene rings is 1. The lowest BCUT2D eigenvalue weighted by atomic mass is 10.2. The van der Waals surface area contributed by atoms with Gasteiger partial charge in [0.05, 0.1) is 0 Å². The average molecular weight is 395 g/mol. The first kappa shape index (κ1) is 19.6. The minimum atomic E-state index is 0.0165. The Hall–Kier alpha value is -2.67. The third kappa shape index (κ3) is 4.50. The summed E-state index contributed by atoms with van der Waals surface area (Å²) in [6, 6.07) is 10.4. The monoisotopic (exact) mass is 394 g/mol. The molecular weight excluding hydrogens is 364 g/mol. The van der Waals surface area contributed by atoms with Gasteiger partial charge in [0, 0.05) is 64.2 Å². The smallest absolute Gasteiger partial charge is 0.272 e. The van der Waals surface area contributed by atoms with Crippen molar-refractivity contribution < 1.29 is 4.79 Å². The lowest BCUT2D eigenvalue weighted by Gasteiger charge is -2.36. The lowest BCUT2D eigenvalue weighted by Crippen LogP contribution is -2.49. The fourth-order valence-corrected chi connectivity index (χ4v) is 4.04. The van der Waals surface area contributed by atoms with Crippen molar-refractivity contribution in [1.82, 2.24) is 19.8 Å². The Morgan fingerprint density at radius 3 is 2.38 bits per heavy atom. The molecule has 0 atom stereocenters. The molecule has 0 N–H and O–H groups in total. The van der Waals surface area contributed by atoms with Gasteiger partial charge in [0.15, 0.2) is 0 Å². The molecule has 7 nitrogen and oxygen atoms in total. The molecule has 0 spiro atoms. The van der Waals surface area contributed by atoms with E-state index in [0.29, 0.717) is 11.6 Å². The van der Waals surface area contributed by atoms with Crippen LogP contribution in [0.1, 0.15) is 23.0 Å². The van der Waals surface area contributed by atoms with Crippen LogP contribution in [0.25, 0.3) is 0 Å². The van der Waals surface area contributed by atoms with Crippen molar-refractivity contribution in [1.29, 1.82) is 0 Å². The molecule has 0 aliphatic carbocycles. The summed E-state index contributed by atoms with van der Waals surface area (Å²) in [5.74, 6) is 0.676. The van der Waals surface area contributed by atoms with Gasteiger partial charge >= 0.3 is 0 Å². The van der Waals surface area contributed by atoms with Crippen LogP contribution in [0.2, 0.25) is 0 Å². The van der Waals surface area contributed by atoms with Crippen LogP contribution >= 0.6 is 0 Å². The average Bonchev–Trinajstić information content (AvgIpc) is 2.79. The second kappa shape index (κ2) is 8.78. The summed E-state index contributed by atoms with van der Waals surface area (Å²) in [6.45, 7) is 12.2. The molecule has 154 valence electrons. The summed E-state index contributed by atoms with van der Waals surface area (Å²) in [4.78, 5) is 30.8. The molecule has 0 radical (unpaired) electrons. The number of amides is 1. The summed E-state index contributed by atoms with van der Waals surface area (Å²) in [6.07, 6.45) is 1.71. The van der Waals surface area contributed by atoms with Crippen molar-refractivity contribution in [2.24, 2.45) is 0 Å². The van der Waals surface area contributed by atoms with Crippen molar-refractivity contribution in [3.63, 3.8) is 0 Å². The van der Waals surface area contributed by atoms with E-state index in [0.717, 1.165) is 58.9 Å². The molecule has 2 saturated heterocycles. The zero-order chi connectivity index (χ0) is 20.2. The standard InChI is InChI=1S/C22H30N6O/c1-3-25-9-11-27(12-10-25)21(29)20-7-8-23-22(24-20)28-15-13-26(14-16-28)19-6-4-5-18(2)17-19/h4-8,17H,3,9-16H2,1-2H3. The first-order chi connectivity index (χ1) is 14.1. The number of anilines is 2. The van der Waals surface area contributed by atoms with E-state index in [4.69, 9.17) is 0 Å². The molecule has 2 fully saturated rings. The van der Waals surface area contributed by atoms with Crippen molar-refractivity contribution in [2.75, 3.05) is 68.7 Å². The molecule has 1 aromatic heterocycles. The highest BCUT2D eigenvalue weighted by atomic mass is 16.2. The second-order valence-corrected chi connectivity index (χ2v) is 7.78. The number of aryl methyl sites for hydroxylation is 1. The molecule has 7 heteroatoms. The molecule has 2 aromatic rings. The topological polar surface area (TPSA) is 55.8 Å². The molecule has 2 aliphatic heterocycles. The van der Waals surface area contributed by atoms with Crippen LogP contribution in [0.3, 0.4) is 0 Å². The van der Waals surface area contributed by atoms with E-state index in [1.807, 2.05) is 4.90 Å². The van der Waals surface area contributed by atoms with Crippen LogP contribution in [-0.2, 0) is 0 Å². The number of carbonyl (C=O) groups excluding carboxylic acids is 1. The zero-order valence-electron chi connectivity index (χ0n) is 17.4.